The van der Waals surface area contributed by atoms with Gasteiger partial charge in [0.2, 0.25) is 0 Å². The molecule has 2 aromatic rings. The Labute approximate surface area is 236 Å². The quantitative estimate of drug-likeness (QED) is 0.109. The Kier molecular flexibility index (Phi) is 10.5. The number of benzene rings is 2. The fraction of sp³-hybridized carbons (Fsp3) is 0.483. The van der Waals surface area contributed by atoms with Crippen LogP contribution < -0.4 is 0 Å². The van der Waals surface area contributed by atoms with Crippen LogP contribution in [0.1, 0.15) is 28.8 Å². The maximum atomic E-state index is 13.5. The lowest BCUT2D eigenvalue weighted by Gasteiger charge is -2.42. The molecule has 0 radical (unpaired) electrons. The van der Waals surface area contributed by atoms with E-state index in [2.05, 4.69) is 112 Å². The summed E-state index contributed by atoms with van der Waals surface area (Å²) in [6.45, 7) is 28.2. The molecule has 0 N–H and O–H groups in total. The predicted molar refractivity (Wildman–Crippen MR) is 177 cm³/mol. The molecule has 0 unspecified atom stereocenters. The summed E-state index contributed by atoms with van der Waals surface area (Å²) in [4.78, 5) is 13.5. The summed E-state index contributed by atoms with van der Waals surface area (Å²) < 4.78 is 4.89. The topological polar surface area (TPSA) is 48.3 Å². The van der Waals surface area contributed by atoms with E-state index in [1.165, 1.54) is 0 Å². The maximum absolute atomic E-state index is 13.5. The molecule has 0 amide bonds. The van der Waals surface area contributed by atoms with Gasteiger partial charge in [0.1, 0.15) is 0 Å². The Morgan fingerprint density at radius 3 is 1.32 bits per heavy atom. The lowest BCUT2D eigenvalue weighted by atomic mass is 9.99. The molecule has 2 aromatic carbocycles. The molecule has 0 fully saturated rings. The highest BCUT2D eigenvalue weighted by Gasteiger charge is 2.36. The Hall–Kier alpha value is -2.08. The summed E-state index contributed by atoms with van der Waals surface area (Å²) in [7, 11) is -7.04. The lowest BCUT2D eigenvalue weighted by Crippen LogP contribution is -2.56. The van der Waals surface area contributed by atoms with Crippen LogP contribution in [0.15, 0.2) is 70.9 Å². The molecule has 0 aliphatic carbocycles. The van der Waals surface area contributed by atoms with Crippen molar-refractivity contribution in [1.82, 2.24) is 8.68 Å². The largest absolute Gasteiger partial charge is 0.350 e. The van der Waals surface area contributed by atoms with Gasteiger partial charge in [-0.25, -0.2) is 5.10 Å². The van der Waals surface area contributed by atoms with Crippen molar-refractivity contribution in [2.24, 2.45) is 10.2 Å². The highest BCUT2D eigenvalue weighted by molar-refractivity contribution is 6.90. The van der Waals surface area contributed by atoms with Crippen LogP contribution in [0.5, 0.6) is 0 Å². The molecule has 0 aromatic heterocycles. The zero-order chi connectivity index (χ0) is 28.9. The minimum Gasteiger partial charge on any atom is -0.350 e. The van der Waals surface area contributed by atoms with Crippen molar-refractivity contribution in [1.29, 1.82) is 0 Å². The fourth-order valence-corrected chi connectivity index (χ4v) is 22.8. The maximum Gasteiger partial charge on any atom is 0.168 e. The first-order chi connectivity index (χ1) is 17.3. The minimum atomic E-state index is -1.78. The number of hydrogen-bond donors (Lipinski definition) is 0. The SMILES string of the molecule is C[Si](C)(C)N(/N=C(/CC(=O)c1ccccc1)C/C(=N\N([Si](C)(C)C)[Si](C)(C)C)c1ccccc1)[Si](C)(C)C. The van der Waals surface area contributed by atoms with Crippen molar-refractivity contribution < 1.29 is 4.79 Å². The predicted octanol–water partition coefficient (Wildman–Crippen LogP) is 8.35. The van der Waals surface area contributed by atoms with E-state index < -0.39 is 32.9 Å². The van der Waals surface area contributed by atoms with E-state index in [4.69, 9.17) is 10.2 Å². The number of rotatable bonds is 12. The first kappa shape index (κ1) is 32.1. The first-order valence-corrected chi connectivity index (χ1v) is 27.5. The average Bonchev–Trinajstić information content (AvgIpc) is 2.77. The smallest absolute Gasteiger partial charge is 0.168 e. The van der Waals surface area contributed by atoms with Crippen molar-refractivity contribution in [2.75, 3.05) is 0 Å². The Morgan fingerprint density at radius 1 is 0.553 bits per heavy atom. The average molecular weight is 583 g/mol. The molecular weight excluding hydrogens is 533 g/mol. The molecule has 208 valence electrons. The molecule has 2 rings (SSSR count). The number of carbonyl (C=O) groups is 1. The highest BCUT2D eigenvalue weighted by Crippen LogP contribution is 2.24. The molecule has 0 aliphatic heterocycles. The van der Waals surface area contributed by atoms with Crippen molar-refractivity contribution >= 4 is 50.1 Å². The zero-order valence-electron chi connectivity index (χ0n) is 25.9. The number of ketones is 1. The number of carbonyl (C=O) groups excluding carboxylic acids is 1. The van der Waals surface area contributed by atoms with E-state index in [-0.39, 0.29) is 5.78 Å². The van der Waals surface area contributed by atoms with E-state index in [0.717, 1.165) is 22.6 Å². The molecule has 9 heteroatoms. The molecule has 0 aliphatic rings. The van der Waals surface area contributed by atoms with Gasteiger partial charge in [-0.3, -0.25) is 4.79 Å². The Bertz CT molecular complexity index is 1100. The second-order valence-corrected chi connectivity index (χ2v) is 34.0. The van der Waals surface area contributed by atoms with Gasteiger partial charge in [0, 0.05) is 17.7 Å². The van der Waals surface area contributed by atoms with Crippen molar-refractivity contribution in [3.05, 3.63) is 71.8 Å². The Morgan fingerprint density at radius 2 is 0.921 bits per heavy atom. The minimum absolute atomic E-state index is 0.107. The molecule has 0 bridgehead atoms. The van der Waals surface area contributed by atoms with Crippen molar-refractivity contribution in [3.8, 4) is 0 Å². The van der Waals surface area contributed by atoms with E-state index >= 15 is 0 Å². The monoisotopic (exact) mass is 582 g/mol. The lowest BCUT2D eigenvalue weighted by molar-refractivity contribution is 0.1000. The summed E-state index contributed by atoms with van der Waals surface area (Å²) in [5.41, 5.74) is 3.73. The molecule has 38 heavy (non-hydrogen) atoms. The number of Topliss-reactive ketones (excluding diaryl/α,β-unsaturated/α-hetero) is 1. The first-order valence-electron chi connectivity index (χ1n) is 13.7. The third-order valence-corrected chi connectivity index (χ3v) is 19.5. The summed E-state index contributed by atoms with van der Waals surface area (Å²) in [6, 6.07) is 20.1. The van der Waals surface area contributed by atoms with Gasteiger partial charge in [-0.05, 0) is 5.56 Å². The van der Waals surface area contributed by atoms with Gasteiger partial charge in [0.15, 0.2) is 38.7 Å². The van der Waals surface area contributed by atoms with Crippen molar-refractivity contribution in [2.45, 2.75) is 91.4 Å². The van der Waals surface area contributed by atoms with Crippen LogP contribution in [0.2, 0.25) is 78.6 Å². The second-order valence-electron chi connectivity index (χ2n) is 14.0. The van der Waals surface area contributed by atoms with Crippen LogP contribution in [0, 0.1) is 0 Å². The van der Waals surface area contributed by atoms with Gasteiger partial charge >= 0.3 is 0 Å². The summed E-state index contributed by atoms with van der Waals surface area (Å²) in [5.74, 6) is 0.107. The van der Waals surface area contributed by atoms with E-state index in [0.29, 0.717) is 12.8 Å². The Balaban J connectivity index is 2.71. The second kappa shape index (κ2) is 12.4. The van der Waals surface area contributed by atoms with Crippen LogP contribution in [0.25, 0.3) is 0 Å². The van der Waals surface area contributed by atoms with E-state index in [1.54, 1.807) is 0 Å². The normalized spacial score (nSPS) is 13.9. The van der Waals surface area contributed by atoms with Gasteiger partial charge in [-0.1, -0.05) is 139 Å². The van der Waals surface area contributed by atoms with Crippen LogP contribution in [-0.2, 0) is 0 Å². The molecule has 0 spiro atoms. The number of hydrogen-bond acceptors (Lipinski definition) is 5. The van der Waals surface area contributed by atoms with Gasteiger partial charge in [0.25, 0.3) is 0 Å². The van der Waals surface area contributed by atoms with E-state index in [9.17, 15) is 4.79 Å². The van der Waals surface area contributed by atoms with Gasteiger partial charge < -0.3 is 8.68 Å². The summed E-state index contributed by atoms with van der Waals surface area (Å²) in [5, 5.41) is 10.8. The van der Waals surface area contributed by atoms with Gasteiger partial charge in [-0.2, -0.15) is 5.10 Å². The molecule has 0 saturated heterocycles. The summed E-state index contributed by atoms with van der Waals surface area (Å²) >= 11 is 0. The number of nitrogens with zero attached hydrogens (tertiary/aromatic N) is 4. The fourth-order valence-electron chi connectivity index (χ4n) is 4.94. The van der Waals surface area contributed by atoms with Gasteiger partial charge in [-0.15, -0.1) is 0 Å². The highest BCUT2D eigenvalue weighted by atomic mass is 28.4. The molecule has 0 atom stereocenters. The van der Waals surface area contributed by atoms with Crippen LogP contribution >= 0.6 is 0 Å². The molecule has 0 saturated carbocycles. The van der Waals surface area contributed by atoms with Crippen LogP contribution in [0.4, 0.5) is 0 Å². The standard InChI is InChI=1S/C29H50N4OSi4/c1-35(2,3)32(36(4,5)6)30-27(24-29(34)26-21-17-14-18-22-26)23-28(25-19-15-13-16-20-25)31-33(37(7,8)9)38(10,11)12/h13-22H,23-24H2,1-12H3/b30-27+,31-28+. The third-order valence-electron chi connectivity index (χ3n) is 5.94. The molecular formula is C29H50N4OSi4. The van der Waals surface area contributed by atoms with Crippen LogP contribution in [0.3, 0.4) is 0 Å². The summed E-state index contributed by atoms with van der Waals surface area (Å²) in [6.07, 6.45) is 0.848. The molecule has 0 heterocycles. The molecule has 5 nitrogen and oxygen atoms in total. The van der Waals surface area contributed by atoms with Gasteiger partial charge in [0.05, 0.1) is 12.1 Å². The third kappa shape index (κ3) is 9.59. The zero-order valence-corrected chi connectivity index (χ0v) is 29.9. The van der Waals surface area contributed by atoms with E-state index in [1.807, 2.05) is 36.4 Å². The van der Waals surface area contributed by atoms with Crippen molar-refractivity contribution in [3.63, 3.8) is 0 Å². The van der Waals surface area contributed by atoms with Crippen LogP contribution in [-0.4, -0.2) is 58.8 Å². The number of hydrazone groups is 2.